The van der Waals surface area contributed by atoms with E-state index in [0.29, 0.717) is 15.9 Å². The summed E-state index contributed by atoms with van der Waals surface area (Å²) in [6.45, 7) is 0. The number of aromatic nitrogens is 2. The molecule has 1 saturated carbocycles. The van der Waals surface area contributed by atoms with E-state index in [4.69, 9.17) is 33.7 Å². The highest BCUT2D eigenvalue weighted by molar-refractivity contribution is 6.42. The van der Waals surface area contributed by atoms with Crippen molar-refractivity contribution < 1.29 is 4.74 Å². The largest absolute Gasteiger partial charge is 0.382 e. The van der Waals surface area contributed by atoms with E-state index in [0.717, 1.165) is 36.1 Å². The average molecular weight is 326 g/mol. The molecule has 1 fully saturated rings. The first kappa shape index (κ1) is 14.7. The number of hydrogen-bond acceptors (Lipinski definition) is 3. The first-order valence-electron chi connectivity index (χ1n) is 6.88. The van der Waals surface area contributed by atoms with E-state index in [1.54, 1.807) is 13.2 Å². The summed E-state index contributed by atoms with van der Waals surface area (Å²) in [5, 5.41) is 8.21. The molecular weight excluding hydrogens is 309 g/mol. The van der Waals surface area contributed by atoms with Crippen molar-refractivity contribution in [2.75, 3.05) is 12.8 Å². The van der Waals surface area contributed by atoms with Gasteiger partial charge in [0.2, 0.25) is 0 Å². The zero-order valence-electron chi connectivity index (χ0n) is 11.7. The molecule has 0 aliphatic heterocycles. The Labute approximate surface area is 133 Å². The summed E-state index contributed by atoms with van der Waals surface area (Å²) in [7, 11) is 1.76. The summed E-state index contributed by atoms with van der Waals surface area (Å²) in [6, 6.07) is 5.49. The van der Waals surface area contributed by atoms with E-state index in [1.807, 2.05) is 12.1 Å². The van der Waals surface area contributed by atoms with Crippen molar-refractivity contribution >= 4 is 29.0 Å². The Morgan fingerprint density at radius 3 is 2.67 bits per heavy atom. The molecule has 2 aromatic rings. The number of halogens is 2. The van der Waals surface area contributed by atoms with E-state index in [1.165, 1.54) is 6.42 Å². The van der Waals surface area contributed by atoms with Crippen molar-refractivity contribution in [1.29, 1.82) is 0 Å². The summed E-state index contributed by atoms with van der Waals surface area (Å²) >= 11 is 12.1. The van der Waals surface area contributed by atoms with Crippen LogP contribution in [0.25, 0.3) is 11.1 Å². The van der Waals surface area contributed by atoms with E-state index in [2.05, 4.69) is 10.2 Å². The predicted molar refractivity (Wildman–Crippen MR) is 85.8 cm³/mol. The molecular formula is C15H17Cl2N3O. The van der Waals surface area contributed by atoms with Crippen LogP contribution in [0.15, 0.2) is 18.2 Å². The molecule has 0 spiro atoms. The van der Waals surface area contributed by atoms with Gasteiger partial charge < -0.3 is 10.5 Å². The molecule has 112 valence electrons. The number of H-pyrrole nitrogens is 1. The van der Waals surface area contributed by atoms with Gasteiger partial charge >= 0.3 is 0 Å². The standard InChI is InChI=1S/C15H17Cl2N3O/c1-21-15(5-2-6-15)8-12-13(14(18)20-19-12)9-3-4-10(16)11(17)7-9/h3-4,7H,2,5-6,8H2,1H3,(H3,18,19,20). The Balaban J connectivity index is 1.98. The van der Waals surface area contributed by atoms with E-state index in [-0.39, 0.29) is 5.60 Å². The first-order valence-corrected chi connectivity index (χ1v) is 7.63. The molecule has 0 unspecified atom stereocenters. The number of nitrogen functional groups attached to an aromatic ring is 1. The number of nitrogens with two attached hydrogens (primary N) is 1. The number of rotatable bonds is 4. The van der Waals surface area contributed by atoms with Gasteiger partial charge in [-0.25, -0.2) is 0 Å². The van der Waals surface area contributed by atoms with Crippen LogP contribution in [0.3, 0.4) is 0 Å². The molecule has 0 bridgehead atoms. The predicted octanol–water partition coefficient (Wildman–Crippen LogP) is 4.08. The monoisotopic (exact) mass is 325 g/mol. The number of methoxy groups -OCH3 is 1. The highest BCUT2D eigenvalue weighted by Gasteiger charge is 2.38. The molecule has 0 amide bonds. The number of nitrogens with one attached hydrogen (secondary N) is 1. The van der Waals surface area contributed by atoms with Crippen LogP contribution in [0.2, 0.25) is 10.0 Å². The molecule has 3 rings (SSSR count). The number of ether oxygens (including phenoxy) is 1. The molecule has 1 aliphatic rings. The summed E-state index contributed by atoms with van der Waals surface area (Å²) in [5.74, 6) is 0.467. The molecule has 0 radical (unpaired) electrons. The average Bonchev–Trinajstić information content (AvgIpc) is 2.78. The second kappa shape index (κ2) is 5.52. The van der Waals surface area contributed by atoms with Crippen molar-refractivity contribution in [3.8, 4) is 11.1 Å². The number of benzene rings is 1. The SMILES string of the molecule is COC1(Cc2[nH]nc(N)c2-c2ccc(Cl)c(Cl)c2)CCC1. The fourth-order valence-corrected chi connectivity index (χ4v) is 3.14. The Kier molecular flexibility index (Phi) is 3.86. The minimum Gasteiger partial charge on any atom is -0.382 e. The van der Waals surface area contributed by atoms with Gasteiger partial charge in [0, 0.05) is 24.8 Å². The van der Waals surface area contributed by atoms with Crippen molar-refractivity contribution in [2.24, 2.45) is 0 Å². The number of aromatic amines is 1. The van der Waals surface area contributed by atoms with Gasteiger partial charge in [-0.15, -0.1) is 0 Å². The van der Waals surface area contributed by atoms with Crippen LogP contribution < -0.4 is 5.73 Å². The lowest BCUT2D eigenvalue weighted by Gasteiger charge is -2.40. The Morgan fingerprint density at radius 1 is 1.33 bits per heavy atom. The lowest BCUT2D eigenvalue weighted by Crippen LogP contribution is -2.41. The van der Waals surface area contributed by atoms with Crippen molar-refractivity contribution in [3.05, 3.63) is 33.9 Å². The summed E-state index contributed by atoms with van der Waals surface area (Å²) < 4.78 is 5.68. The minimum atomic E-state index is -0.0933. The Morgan fingerprint density at radius 2 is 2.10 bits per heavy atom. The fourth-order valence-electron chi connectivity index (χ4n) is 2.84. The normalized spacial score (nSPS) is 16.7. The van der Waals surface area contributed by atoms with Crippen LogP contribution in [0, 0.1) is 0 Å². The second-order valence-corrected chi connectivity index (χ2v) is 6.32. The molecule has 1 aliphatic carbocycles. The minimum absolute atomic E-state index is 0.0933. The van der Waals surface area contributed by atoms with Gasteiger partial charge in [-0.3, -0.25) is 5.10 Å². The molecule has 0 atom stereocenters. The van der Waals surface area contributed by atoms with Gasteiger partial charge in [0.05, 0.1) is 15.6 Å². The van der Waals surface area contributed by atoms with Gasteiger partial charge in [-0.1, -0.05) is 29.3 Å². The quantitative estimate of drug-likeness (QED) is 0.890. The third kappa shape index (κ3) is 2.63. The third-order valence-corrected chi connectivity index (χ3v) is 5.01. The molecule has 6 heteroatoms. The van der Waals surface area contributed by atoms with Crippen LogP contribution in [0.4, 0.5) is 5.82 Å². The highest BCUT2D eigenvalue weighted by atomic mass is 35.5. The maximum atomic E-state index is 6.11. The highest BCUT2D eigenvalue weighted by Crippen LogP contribution is 2.41. The molecule has 21 heavy (non-hydrogen) atoms. The summed E-state index contributed by atoms with van der Waals surface area (Å²) in [5.41, 5.74) is 8.71. The zero-order valence-corrected chi connectivity index (χ0v) is 13.3. The molecule has 1 heterocycles. The Hall–Kier alpha value is -1.23. The van der Waals surface area contributed by atoms with Gasteiger partial charge in [0.15, 0.2) is 5.82 Å². The molecule has 1 aromatic heterocycles. The smallest absolute Gasteiger partial charge is 0.153 e. The van der Waals surface area contributed by atoms with Gasteiger partial charge in [0.1, 0.15) is 0 Å². The number of hydrogen-bond donors (Lipinski definition) is 2. The number of nitrogens with zero attached hydrogens (tertiary/aromatic N) is 1. The van der Waals surface area contributed by atoms with Crippen LogP contribution in [0.1, 0.15) is 25.0 Å². The summed E-state index contributed by atoms with van der Waals surface area (Å²) in [4.78, 5) is 0. The maximum Gasteiger partial charge on any atom is 0.153 e. The topological polar surface area (TPSA) is 63.9 Å². The first-order chi connectivity index (χ1) is 10.0. The van der Waals surface area contributed by atoms with Gasteiger partial charge in [0.25, 0.3) is 0 Å². The van der Waals surface area contributed by atoms with E-state index < -0.39 is 0 Å². The Bertz CT molecular complexity index is 659. The lowest BCUT2D eigenvalue weighted by molar-refractivity contribution is -0.0713. The molecule has 3 N–H and O–H groups in total. The summed E-state index contributed by atoms with van der Waals surface area (Å²) in [6.07, 6.45) is 4.08. The number of anilines is 1. The fraction of sp³-hybridized carbons (Fsp3) is 0.400. The van der Waals surface area contributed by atoms with Crippen molar-refractivity contribution in [3.63, 3.8) is 0 Å². The maximum absolute atomic E-state index is 6.11. The van der Waals surface area contributed by atoms with Crippen LogP contribution in [-0.4, -0.2) is 22.9 Å². The third-order valence-electron chi connectivity index (χ3n) is 4.27. The molecule has 4 nitrogen and oxygen atoms in total. The van der Waals surface area contributed by atoms with Gasteiger partial charge in [-0.2, -0.15) is 5.10 Å². The van der Waals surface area contributed by atoms with Crippen molar-refractivity contribution in [2.45, 2.75) is 31.3 Å². The zero-order chi connectivity index (χ0) is 15.0. The molecule has 0 saturated heterocycles. The van der Waals surface area contributed by atoms with Crippen LogP contribution >= 0.6 is 23.2 Å². The van der Waals surface area contributed by atoms with Crippen molar-refractivity contribution in [1.82, 2.24) is 10.2 Å². The van der Waals surface area contributed by atoms with E-state index in [9.17, 15) is 0 Å². The van der Waals surface area contributed by atoms with Crippen LogP contribution in [-0.2, 0) is 11.2 Å². The second-order valence-electron chi connectivity index (χ2n) is 5.51. The van der Waals surface area contributed by atoms with Gasteiger partial charge in [-0.05, 0) is 37.0 Å². The lowest BCUT2D eigenvalue weighted by atomic mass is 9.76. The van der Waals surface area contributed by atoms with Crippen LogP contribution in [0.5, 0.6) is 0 Å². The molecule has 1 aromatic carbocycles. The van der Waals surface area contributed by atoms with E-state index >= 15 is 0 Å².